The predicted molar refractivity (Wildman–Crippen MR) is 132 cm³/mol. The van der Waals surface area contributed by atoms with Gasteiger partial charge in [-0.25, -0.2) is 0 Å². The van der Waals surface area contributed by atoms with E-state index >= 15 is 0 Å². The van der Waals surface area contributed by atoms with E-state index in [0.29, 0.717) is 12.5 Å². The van der Waals surface area contributed by atoms with Crippen molar-refractivity contribution < 1.29 is 4.79 Å². The monoisotopic (exact) mass is 426 g/mol. The Bertz CT molecular complexity index is 1020. The van der Waals surface area contributed by atoms with E-state index in [1.54, 1.807) is 0 Å². The molecule has 3 nitrogen and oxygen atoms in total. The van der Waals surface area contributed by atoms with Gasteiger partial charge in [0.2, 0.25) is 0 Å². The van der Waals surface area contributed by atoms with Gasteiger partial charge in [0, 0.05) is 31.7 Å². The van der Waals surface area contributed by atoms with Gasteiger partial charge in [0.05, 0.1) is 0 Å². The maximum Gasteiger partial charge on any atom is 0.251 e. The van der Waals surface area contributed by atoms with E-state index < -0.39 is 0 Å². The average Bonchev–Trinajstić information content (AvgIpc) is 2.82. The molecule has 1 heterocycles. The minimum Gasteiger partial charge on any atom is -0.352 e. The molecule has 0 saturated heterocycles. The third kappa shape index (κ3) is 5.86. The van der Waals surface area contributed by atoms with Gasteiger partial charge in [0.25, 0.3) is 5.91 Å². The summed E-state index contributed by atoms with van der Waals surface area (Å²) in [7, 11) is 0. The van der Waals surface area contributed by atoms with Crippen molar-refractivity contribution in [3.8, 4) is 0 Å². The summed E-state index contributed by atoms with van der Waals surface area (Å²) in [6.45, 7) is 8.12. The zero-order valence-corrected chi connectivity index (χ0v) is 19.3. The van der Waals surface area contributed by atoms with Gasteiger partial charge in [-0.15, -0.1) is 0 Å². The summed E-state index contributed by atoms with van der Waals surface area (Å²) in [4.78, 5) is 15.0. The lowest BCUT2D eigenvalue weighted by Gasteiger charge is -2.28. The summed E-state index contributed by atoms with van der Waals surface area (Å²) in [5.74, 6) is 0.574. The van der Waals surface area contributed by atoms with Gasteiger partial charge in [-0.3, -0.25) is 9.69 Å². The van der Waals surface area contributed by atoms with Crippen LogP contribution < -0.4 is 5.32 Å². The Labute approximate surface area is 192 Å². The van der Waals surface area contributed by atoms with E-state index in [4.69, 9.17) is 0 Å². The number of carbonyl (C=O) groups is 1. The fourth-order valence-electron chi connectivity index (χ4n) is 4.37. The van der Waals surface area contributed by atoms with Gasteiger partial charge >= 0.3 is 0 Å². The highest BCUT2D eigenvalue weighted by Gasteiger charge is 2.16. The van der Waals surface area contributed by atoms with E-state index in [1.165, 1.54) is 27.8 Å². The van der Waals surface area contributed by atoms with Crippen LogP contribution >= 0.6 is 0 Å². The first kappa shape index (κ1) is 22.3. The summed E-state index contributed by atoms with van der Waals surface area (Å²) in [6.07, 6.45) is 3.04. The van der Waals surface area contributed by atoms with Crippen LogP contribution in [0.5, 0.6) is 0 Å². The molecule has 0 saturated carbocycles. The Balaban J connectivity index is 1.21. The molecule has 0 bridgehead atoms. The number of fused-ring (bicyclic) bond motifs is 1. The topological polar surface area (TPSA) is 32.3 Å². The van der Waals surface area contributed by atoms with E-state index in [0.717, 1.165) is 44.5 Å². The molecule has 1 N–H and O–H groups in total. The van der Waals surface area contributed by atoms with Crippen LogP contribution in [0.4, 0.5) is 0 Å². The highest BCUT2D eigenvalue weighted by atomic mass is 16.1. The first-order chi connectivity index (χ1) is 15.6. The molecule has 166 valence electrons. The maximum atomic E-state index is 12.5. The Hall–Kier alpha value is -2.91. The molecule has 1 aliphatic heterocycles. The molecule has 3 aromatic rings. The third-order valence-corrected chi connectivity index (χ3v) is 6.41. The van der Waals surface area contributed by atoms with Crippen LogP contribution in [-0.2, 0) is 25.9 Å². The van der Waals surface area contributed by atoms with Gasteiger partial charge < -0.3 is 5.32 Å². The largest absolute Gasteiger partial charge is 0.352 e. The van der Waals surface area contributed by atoms with Crippen molar-refractivity contribution in [2.45, 2.75) is 52.1 Å². The standard InChI is InChI=1S/C29H34N2O/c1-22(2)25-13-9-23(10-14-25)6-5-18-30-29(32)27-15-11-24(12-16-27)20-31-19-17-26-7-3-4-8-28(26)21-31/h3-4,7-16,22H,5-6,17-21H2,1-2H3,(H,30,32). The van der Waals surface area contributed by atoms with E-state index in [9.17, 15) is 4.79 Å². The zero-order chi connectivity index (χ0) is 22.3. The molecule has 3 heteroatoms. The van der Waals surface area contributed by atoms with E-state index in [2.05, 4.69) is 84.7 Å². The van der Waals surface area contributed by atoms with Crippen LogP contribution in [-0.4, -0.2) is 23.9 Å². The molecular formula is C29H34N2O. The molecular weight excluding hydrogens is 392 g/mol. The zero-order valence-electron chi connectivity index (χ0n) is 19.3. The second kappa shape index (κ2) is 10.6. The van der Waals surface area contributed by atoms with Crippen LogP contribution in [0.1, 0.15) is 64.4 Å². The first-order valence-corrected chi connectivity index (χ1v) is 11.8. The minimum atomic E-state index is 0.0126. The quantitative estimate of drug-likeness (QED) is 0.467. The number of nitrogens with one attached hydrogen (secondary N) is 1. The second-order valence-electron chi connectivity index (χ2n) is 9.18. The summed E-state index contributed by atoms with van der Waals surface area (Å²) < 4.78 is 0. The van der Waals surface area contributed by atoms with Crippen molar-refractivity contribution >= 4 is 5.91 Å². The van der Waals surface area contributed by atoms with Crippen LogP contribution in [0.15, 0.2) is 72.8 Å². The van der Waals surface area contributed by atoms with Crippen molar-refractivity contribution in [2.24, 2.45) is 0 Å². The van der Waals surface area contributed by atoms with Crippen molar-refractivity contribution in [2.75, 3.05) is 13.1 Å². The van der Waals surface area contributed by atoms with Crippen LogP contribution in [0.2, 0.25) is 0 Å². The molecule has 0 aromatic heterocycles. The maximum absolute atomic E-state index is 12.5. The lowest BCUT2D eigenvalue weighted by Crippen LogP contribution is -2.30. The molecule has 3 aromatic carbocycles. The van der Waals surface area contributed by atoms with Crippen LogP contribution in [0, 0.1) is 0 Å². The highest BCUT2D eigenvalue weighted by molar-refractivity contribution is 5.94. The van der Waals surface area contributed by atoms with Gasteiger partial charge in [0.15, 0.2) is 0 Å². The lowest BCUT2D eigenvalue weighted by molar-refractivity contribution is 0.0953. The summed E-state index contributed by atoms with van der Waals surface area (Å²) in [5.41, 5.74) is 7.60. The smallest absolute Gasteiger partial charge is 0.251 e. The number of rotatable bonds is 8. The molecule has 0 atom stereocenters. The molecule has 1 aliphatic rings. The van der Waals surface area contributed by atoms with Gasteiger partial charge in [-0.05, 0) is 65.1 Å². The third-order valence-electron chi connectivity index (χ3n) is 6.41. The number of hydrogen-bond donors (Lipinski definition) is 1. The first-order valence-electron chi connectivity index (χ1n) is 11.8. The van der Waals surface area contributed by atoms with Crippen molar-refractivity contribution in [3.05, 3.63) is 106 Å². The molecule has 0 fully saturated rings. The summed E-state index contributed by atoms with van der Waals surface area (Å²) >= 11 is 0. The van der Waals surface area contributed by atoms with Gasteiger partial charge in [-0.2, -0.15) is 0 Å². The number of hydrogen-bond acceptors (Lipinski definition) is 2. The number of amides is 1. The Morgan fingerprint density at radius 1 is 0.906 bits per heavy atom. The number of aryl methyl sites for hydroxylation is 1. The average molecular weight is 427 g/mol. The second-order valence-corrected chi connectivity index (χ2v) is 9.18. The SMILES string of the molecule is CC(C)c1ccc(CCCNC(=O)c2ccc(CN3CCc4ccccc4C3)cc2)cc1. The van der Waals surface area contributed by atoms with Gasteiger partial charge in [0.1, 0.15) is 0 Å². The fraction of sp³-hybridized carbons (Fsp3) is 0.345. The Morgan fingerprint density at radius 2 is 1.59 bits per heavy atom. The summed E-state index contributed by atoms with van der Waals surface area (Å²) in [5, 5.41) is 3.06. The number of nitrogens with zero attached hydrogens (tertiary/aromatic N) is 1. The van der Waals surface area contributed by atoms with Crippen LogP contribution in [0.25, 0.3) is 0 Å². The molecule has 32 heavy (non-hydrogen) atoms. The molecule has 0 aliphatic carbocycles. The lowest BCUT2D eigenvalue weighted by atomic mass is 9.99. The van der Waals surface area contributed by atoms with E-state index in [1.807, 2.05) is 12.1 Å². The highest BCUT2D eigenvalue weighted by Crippen LogP contribution is 2.20. The summed E-state index contributed by atoms with van der Waals surface area (Å²) in [6, 6.07) is 25.6. The predicted octanol–water partition coefficient (Wildman–Crippen LogP) is 5.73. The minimum absolute atomic E-state index is 0.0126. The normalized spacial score (nSPS) is 13.7. The van der Waals surface area contributed by atoms with Crippen LogP contribution in [0.3, 0.4) is 0 Å². The van der Waals surface area contributed by atoms with Crippen molar-refractivity contribution in [3.63, 3.8) is 0 Å². The number of benzene rings is 3. The molecule has 0 spiro atoms. The Morgan fingerprint density at radius 3 is 2.31 bits per heavy atom. The van der Waals surface area contributed by atoms with Crippen molar-refractivity contribution in [1.29, 1.82) is 0 Å². The number of carbonyl (C=O) groups excluding carboxylic acids is 1. The van der Waals surface area contributed by atoms with E-state index in [-0.39, 0.29) is 5.91 Å². The molecule has 0 unspecified atom stereocenters. The Kier molecular flexibility index (Phi) is 7.39. The molecule has 4 rings (SSSR count). The van der Waals surface area contributed by atoms with Gasteiger partial charge in [-0.1, -0.05) is 74.5 Å². The molecule has 0 radical (unpaired) electrons. The fourth-order valence-corrected chi connectivity index (χ4v) is 4.37. The van der Waals surface area contributed by atoms with Crippen molar-refractivity contribution in [1.82, 2.24) is 10.2 Å². The molecule has 1 amide bonds.